The smallest absolute Gasteiger partial charge is 0.416 e. The molecule has 1 fully saturated rings. The molecule has 35 heavy (non-hydrogen) atoms. The molecular formula is C22H16F3N5O4S. The van der Waals surface area contributed by atoms with E-state index >= 15 is 0 Å². The lowest BCUT2D eigenvalue weighted by Gasteiger charge is -2.08. The van der Waals surface area contributed by atoms with Crippen molar-refractivity contribution >= 4 is 22.6 Å². The number of hydrogen-bond donors (Lipinski definition) is 0. The third-order valence-corrected chi connectivity index (χ3v) is 6.28. The summed E-state index contributed by atoms with van der Waals surface area (Å²) in [6, 6.07) is 7.18. The van der Waals surface area contributed by atoms with E-state index in [2.05, 4.69) is 10.1 Å². The summed E-state index contributed by atoms with van der Waals surface area (Å²) in [6.45, 7) is 1.90. The summed E-state index contributed by atoms with van der Waals surface area (Å²) < 4.78 is 55.2. The van der Waals surface area contributed by atoms with E-state index in [4.69, 9.17) is 9.47 Å². The maximum absolute atomic E-state index is 14.8. The number of halogens is 3. The molecule has 4 aromatic rings. The van der Waals surface area contributed by atoms with E-state index in [1.165, 1.54) is 23.1 Å². The number of benzene rings is 2. The molecule has 180 valence electrons. The third kappa shape index (κ3) is 4.25. The largest absolute Gasteiger partial charge is 0.447 e. The minimum absolute atomic E-state index is 0.0918. The normalized spacial score (nSPS) is 13.4. The number of nitrogens with zero attached hydrogens (tertiary/aromatic N) is 5. The second-order valence-electron chi connectivity index (χ2n) is 7.51. The number of carbonyl (C=O) groups is 1. The molecule has 0 bridgehead atoms. The van der Waals surface area contributed by atoms with Gasteiger partial charge in [-0.05, 0) is 31.2 Å². The van der Waals surface area contributed by atoms with Gasteiger partial charge in [-0.2, -0.15) is 9.78 Å². The zero-order chi connectivity index (χ0) is 24.7. The highest BCUT2D eigenvalue weighted by Crippen LogP contribution is 2.37. The van der Waals surface area contributed by atoms with Crippen molar-refractivity contribution in [3.8, 4) is 16.5 Å². The van der Waals surface area contributed by atoms with Crippen molar-refractivity contribution in [1.82, 2.24) is 19.3 Å². The van der Waals surface area contributed by atoms with Gasteiger partial charge in [-0.3, -0.25) is 4.57 Å². The van der Waals surface area contributed by atoms with Gasteiger partial charge in [0.15, 0.2) is 16.7 Å². The lowest BCUT2D eigenvalue weighted by molar-refractivity contribution is 0.181. The molecule has 1 amide bonds. The molecule has 0 atom stereocenters. The molecule has 1 saturated heterocycles. The average Bonchev–Trinajstić information content (AvgIpc) is 3.51. The van der Waals surface area contributed by atoms with Crippen LogP contribution in [0.2, 0.25) is 0 Å². The second-order valence-corrected chi connectivity index (χ2v) is 8.45. The number of cyclic esters (lactones) is 1. The fraction of sp³-hybridized carbons (Fsp3) is 0.182. The highest BCUT2D eigenvalue weighted by Gasteiger charge is 2.28. The fourth-order valence-corrected chi connectivity index (χ4v) is 4.37. The molecule has 0 saturated carbocycles. The number of carbonyl (C=O) groups excluding carboxylic acids is 1. The van der Waals surface area contributed by atoms with Crippen molar-refractivity contribution in [3.63, 3.8) is 0 Å². The van der Waals surface area contributed by atoms with E-state index in [-0.39, 0.29) is 30.2 Å². The summed E-state index contributed by atoms with van der Waals surface area (Å²) in [7, 11) is 0. The first kappa shape index (κ1) is 22.7. The summed E-state index contributed by atoms with van der Waals surface area (Å²) in [5.41, 5.74) is -0.440. The maximum Gasteiger partial charge on any atom is 0.416 e. The zero-order valence-corrected chi connectivity index (χ0v) is 18.9. The van der Waals surface area contributed by atoms with Crippen LogP contribution >= 0.6 is 11.3 Å². The summed E-state index contributed by atoms with van der Waals surface area (Å²) in [5.74, 6) is -2.49. The van der Waals surface area contributed by atoms with Crippen LogP contribution in [-0.4, -0.2) is 38.6 Å². The van der Waals surface area contributed by atoms with E-state index in [0.717, 1.165) is 45.1 Å². The molecule has 1 aliphatic heterocycles. The minimum atomic E-state index is -0.791. The molecule has 9 nitrogen and oxygen atoms in total. The van der Waals surface area contributed by atoms with E-state index in [1.54, 1.807) is 6.92 Å². The third-order valence-electron chi connectivity index (χ3n) is 5.22. The molecule has 0 unspecified atom stereocenters. The molecule has 2 aromatic heterocycles. The summed E-state index contributed by atoms with van der Waals surface area (Å²) in [4.78, 5) is 30.1. The Balaban J connectivity index is 1.37. The van der Waals surface area contributed by atoms with Crippen LogP contribution in [0.1, 0.15) is 11.3 Å². The number of thiazole rings is 1. The minimum Gasteiger partial charge on any atom is -0.447 e. The van der Waals surface area contributed by atoms with Gasteiger partial charge in [0, 0.05) is 11.6 Å². The van der Waals surface area contributed by atoms with Gasteiger partial charge in [-0.15, -0.1) is 0 Å². The Hall–Kier alpha value is -4.13. The van der Waals surface area contributed by atoms with Gasteiger partial charge in [-0.25, -0.2) is 32.6 Å². The fourth-order valence-electron chi connectivity index (χ4n) is 3.42. The molecule has 0 aliphatic carbocycles. The van der Waals surface area contributed by atoms with Crippen molar-refractivity contribution < 1.29 is 27.4 Å². The molecular weight excluding hydrogens is 487 g/mol. The number of rotatable bonds is 6. The van der Waals surface area contributed by atoms with Gasteiger partial charge >= 0.3 is 11.8 Å². The summed E-state index contributed by atoms with van der Waals surface area (Å²) in [5, 5.41) is 4.59. The Kier molecular flexibility index (Phi) is 5.76. The first-order chi connectivity index (χ1) is 16.8. The van der Waals surface area contributed by atoms with E-state index in [0.29, 0.717) is 22.4 Å². The van der Waals surface area contributed by atoms with Crippen LogP contribution in [0, 0.1) is 24.4 Å². The van der Waals surface area contributed by atoms with Gasteiger partial charge in [0.2, 0.25) is 5.06 Å². The Bertz CT molecular complexity index is 1480. The number of amides is 1. The van der Waals surface area contributed by atoms with Crippen molar-refractivity contribution in [2.24, 2.45) is 0 Å². The number of ether oxygens (including phenoxy) is 2. The average molecular weight is 503 g/mol. The Labute approximate surface area is 199 Å². The zero-order valence-electron chi connectivity index (χ0n) is 18.1. The Morgan fingerprint density at radius 3 is 2.57 bits per heavy atom. The number of hydrogen-bond acceptors (Lipinski definition) is 7. The molecule has 0 N–H and O–H groups in total. The van der Waals surface area contributed by atoms with Gasteiger partial charge in [0.25, 0.3) is 0 Å². The lowest BCUT2D eigenvalue weighted by Crippen LogP contribution is -2.24. The van der Waals surface area contributed by atoms with E-state index < -0.39 is 29.2 Å². The highest BCUT2D eigenvalue weighted by atomic mass is 32.1. The van der Waals surface area contributed by atoms with Crippen molar-refractivity contribution in [3.05, 3.63) is 81.9 Å². The topological polar surface area (TPSA) is 91.5 Å². The quantitative estimate of drug-likeness (QED) is 0.395. The SMILES string of the molecule is Cc1nc(N2CCOC2=O)sc1Oc1ccc(-n2ncn(Cc3c(F)cccc3F)c2=O)cc1F. The maximum atomic E-state index is 14.8. The van der Waals surface area contributed by atoms with Crippen LogP contribution in [-0.2, 0) is 11.3 Å². The predicted octanol–water partition coefficient (Wildman–Crippen LogP) is 4.01. The standard InChI is InChI=1S/C22H16F3N5O4S/c1-12-19(35-20(27-12)29-7-8-33-22(29)32)34-18-6-5-13(9-17(18)25)30-21(31)28(11-26-30)10-14-15(23)3-2-4-16(14)24/h2-6,9,11H,7-8,10H2,1H3. The van der Waals surface area contributed by atoms with Crippen LogP contribution < -0.4 is 15.3 Å². The molecule has 2 aromatic carbocycles. The van der Waals surface area contributed by atoms with Crippen molar-refractivity contribution in [1.29, 1.82) is 0 Å². The van der Waals surface area contributed by atoms with Gasteiger partial charge < -0.3 is 9.47 Å². The molecule has 3 heterocycles. The first-order valence-corrected chi connectivity index (χ1v) is 11.1. The van der Waals surface area contributed by atoms with Crippen LogP contribution in [0.25, 0.3) is 5.69 Å². The van der Waals surface area contributed by atoms with Crippen LogP contribution in [0.4, 0.5) is 23.1 Å². The first-order valence-electron chi connectivity index (χ1n) is 10.3. The number of aromatic nitrogens is 4. The molecule has 0 spiro atoms. The number of anilines is 1. The summed E-state index contributed by atoms with van der Waals surface area (Å²) in [6.07, 6.45) is 0.603. The highest BCUT2D eigenvalue weighted by molar-refractivity contribution is 7.17. The van der Waals surface area contributed by atoms with Crippen LogP contribution in [0.5, 0.6) is 10.8 Å². The predicted molar refractivity (Wildman–Crippen MR) is 119 cm³/mol. The molecule has 5 rings (SSSR count). The van der Waals surface area contributed by atoms with Crippen molar-refractivity contribution in [2.45, 2.75) is 13.5 Å². The monoisotopic (exact) mass is 503 g/mol. The number of aryl methyl sites for hydroxylation is 1. The van der Waals surface area contributed by atoms with Crippen LogP contribution in [0.3, 0.4) is 0 Å². The van der Waals surface area contributed by atoms with Crippen molar-refractivity contribution in [2.75, 3.05) is 18.1 Å². The lowest BCUT2D eigenvalue weighted by atomic mass is 10.2. The van der Waals surface area contributed by atoms with Gasteiger partial charge in [-0.1, -0.05) is 17.4 Å². The van der Waals surface area contributed by atoms with Crippen LogP contribution in [0.15, 0.2) is 47.5 Å². The summed E-state index contributed by atoms with van der Waals surface area (Å²) >= 11 is 1.07. The molecule has 0 radical (unpaired) electrons. The molecule has 1 aliphatic rings. The Morgan fingerprint density at radius 2 is 1.89 bits per heavy atom. The molecule has 13 heteroatoms. The van der Waals surface area contributed by atoms with Gasteiger partial charge in [0.1, 0.15) is 24.6 Å². The van der Waals surface area contributed by atoms with E-state index in [1.807, 2.05) is 0 Å². The van der Waals surface area contributed by atoms with Gasteiger partial charge in [0.05, 0.1) is 24.5 Å². The Morgan fingerprint density at radius 1 is 1.11 bits per heavy atom. The second kappa shape index (κ2) is 8.91. The van der Waals surface area contributed by atoms with E-state index in [9.17, 15) is 22.8 Å².